The Hall–Kier alpha value is -2.63. The third-order valence-corrected chi connectivity index (χ3v) is 3.02. The van der Waals surface area contributed by atoms with E-state index in [1.807, 2.05) is 0 Å². The second kappa shape index (κ2) is 6.21. The van der Waals surface area contributed by atoms with E-state index in [9.17, 15) is 19.5 Å². The first-order valence-corrected chi connectivity index (χ1v) is 6.50. The number of carboxylic acid groups (broad SMARTS) is 1. The number of carboxylic acids is 1. The van der Waals surface area contributed by atoms with Gasteiger partial charge >= 0.3 is 5.63 Å². The summed E-state index contributed by atoms with van der Waals surface area (Å²) in [5.41, 5.74) is 1.24. The molecule has 0 spiro atoms. The summed E-state index contributed by atoms with van der Waals surface area (Å²) in [4.78, 5) is 33.2. The molecule has 0 aliphatic heterocycles. The third kappa shape index (κ3) is 3.92. The molecule has 1 N–H and O–H groups in total. The number of aliphatic carboxylic acids is 1. The summed E-state index contributed by atoms with van der Waals surface area (Å²) >= 11 is 0. The van der Waals surface area contributed by atoms with Gasteiger partial charge in [-0.15, -0.1) is 0 Å². The normalized spacial score (nSPS) is 10.5. The van der Waals surface area contributed by atoms with Gasteiger partial charge in [-0.1, -0.05) is 0 Å². The predicted octanol–water partition coefficient (Wildman–Crippen LogP) is 0.960. The van der Waals surface area contributed by atoms with Crippen LogP contribution in [-0.4, -0.2) is 11.9 Å². The molecular weight excluding hydrogens is 274 g/mol. The van der Waals surface area contributed by atoms with Crippen molar-refractivity contribution in [2.24, 2.45) is 0 Å². The zero-order chi connectivity index (χ0) is 15.4. The van der Waals surface area contributed by atoms with Crippen LogP contribution in [0.3, 0.4) is 0 Å². The summed E-state index contributed by atoms with van der Waals surface area (Å²) in [6.07, 6.45) is 0.152. The van der Waals surface area contributed by atoms with E-state index in [4.69, 9.17) is 4.42 Å². The van der Waals surface area contributed by atoms with Gasteiger partial charge in [-0.05, 0) is 37.5 Å². The van der Waals surface area contributed by atoms with E-state index in [2.05, 4.69) is 5.32 Å². The SMILES string of the molecule is Cc1cc(=O)oc2cc(NC(=O)CCCC(=O)[O-])ccc12. The van der Waals surface area contributed by atoms with Gasteiger partial charge in [0.05, 0.1) is 0 Å². The maximum Gasteiger partial charge on any atom is 0.336 e. The van der Waals surface area contributed by atoms with E-state index in [0.29, 0.717) is 11.3 Å². The standard InChI is InChI=1S/C15H15NO5/c1-9-7-15(20)21-12-8-10(5-6-11(9)12)16-13(17)3-2-4-14(18)19/h5-8H,2-4H2,1H3,(H,16,17)(H,18,19)/p-1. The molecule has 0 atom stereocenters. The molecule has 0 radical (unpaired) electrons. The summed E-state index contributed by atoms with van der Waals surface area (Å²) < 4.78 is 5.08. The molecule has 110 valence electrons. The number of aryl methyl sites for hydroxylation is 1. The number of fused-ring (bicyclic) bond motifs is 1. The fraction of sp³-hybridized carbons (Fsp3) is 0.267. The average molecular weight is 288 g/mol. The molecule has 6 heteroatoms. The molecule has 2 aromatic rings. The van der Waals surface area contributed by atoms with Crippen LogP contribution in [0.1, 0.15) is 24.8 Å². The molecule has 1 aromatic carbocycles. The van der Waals surface area contributed by atoms with Gasteiger partial charge in [0.15, 0.2) is 0 Å². The van der Waals surface area contributed by atoms with E-state index >= 15 is 0 Å². The number of nitrogens with one attached hydrogen (secondary N) is 1. The highest BCUT2D eigenvalue weighted by Crippen LogP contribution is 2.20. The Balaban J connectivity index is 2.11. The number of anilines is 1. The summed E-state index contributed by atoms with van der Waals surface area (Å²) in [6.45, 7) is 1.80. The smallest absolute Gasteiger partial charge is 0.336 e. The Morgan fingerprint density at radius 3 is 2.71 bits per heavy atom. The van der Waals surface area contributed by atoms with Crippen molar-refractivity contribution in [1.82, 2.24) is 0 Å². The molecular formula is C15H14NO5-. The van der Waals surface area contributed by atoms with Crippen molar-refractivity contribution in [2.75, 3.05) is 5.32 Å². The highest BCUT2D eigenvalue weighted by molar-refractivity contribution is 5.93. The molecule has 0 bridgehead atoms. The van der Waals surface area contributed by atoms with Crippen LogP contribution in [-0.2, 0) is 9.59 Å². The fourth-order valence-electron chi connectivity index (χ4n) is 2.02. The minimum Gasteiger partial charge on any atom is -0.550 e. The number of hydrogen-bond donors (Lipinski definition) is 1. The quantitative estimate of drug-likeness (QED) is 0.826. The van der Waals surface area contributed by atoms with Crippen molar-refractivity contribution < 1.29 is 19.1 Å². The highest BCUT2D eigenvalue weighted by atomic mass is 16.4. The molecule has 0 fully saturated rings. The summed E-state index contributed by atoms with van der Waals surface area (Å²) in [6, 6.07) is 6.43. The number of carbonyl (C=O) groups is 2. The van der Waals surface area contributed by atoms with Gasteiger partial charge < -0.3 is 19.6 Å². The summed E-state index contributed by atoms with van der Waals surface area (Å²) in [5, 5.41) is 13.7. The van der Waals surface area contributed by atoms with E-state index in [1.165, 1.54) is 6.07 Å². The molecule has 6 nitrogen and oxygen atoms in total. The minimum atomic E-state index is -1.18. The van der Waals surface area contributed by atoms with Gasteiger partial charge in [0.25, 0.3) is 0 Å². The average Bonchev–Trinajstić information content (AvgIpc) is 2.37. The van der Waals surface area contributed by atoms with E-state index in [-0.39, 0.29) is 25.2 Å². The number of carbonyl (C=O) groups excluding carboxylic acids is 2. The van der Waals surface area contributed by atoms with Crippen LogP contribution in [0.2, 0.25) is 0 Å². The molecule has 1 amide bonds. The molecule has 0 saturated heterocycles. The van der Waals surface area contributed by atoms with Gasteiger partial charge in [0.2, 0.25) is 5.91 Å². The van der Waals surface area contributed by atoms with Crippen LogP contribution in [0.4, 0.5) is 5.69 Å². The molecule has 21 heavy (non-hydrogen) atoms. The van der Waals surface area contributed by atoms with Gasteiger partial charge in [-0.3, -0.25) is 4.79 Å². The lowest BCUT2D eigenvalue weighted by Crippen LogP contribution is -2.22. The zero-order valence-electron chi connectivity index (χ0n) is 11.5. The lowest BCUT2D eigenvalue weighted by Gasteiger charge is -2.07. The lowest BCUT2D eigenvalue weighted by molar-refractivity contribution is -0.305. The zero-order valence-corrected chi connectivity index (χ0v) is 11.5. The van der Waals surface area contributed by atoms with Crippen molar-refractivity contribution in [3.8, 4) is 0 Å². The van der Waals surface area contributed by atoms with Crippen molar-refractivity contribution >= 4 is 28.5 Å². The Morgan fingerprint density at radius 2 is 2.00 bits per heavy atom. The van der Waals surface area contributed by atoms with Crippen molar-refractivity contribution in [1.29, 1.82) is 0 Å². The molecule has 2 rings (SSSR count). The molecule has 0 unspecified atom stereocenters. The summed E-state index contributed by atoms with van der Waals surface area (Å²) in [7, 11) is 0. The van der Waals surface area contributed by atoms with Gasteiger partial charge in [-0.2, -0.15) is 0 Å². The van der Waals surface area contributed by atoms with Crippen molar-refractivity contribution in [2.45, 2.75) is 26.2 Å². The monoisotopic (exact) mass is 288 g/mol. The van der Waals surface area contributed by atoms with Gasteiger partial charge in [0.1, 0.15) is 5.58 Å². The molecule has 1 aromatic heterocycles. The number of benzene rings is 1. The van der Waals surface area contributed by atoms with Crippen LogP contribution in [0.15, 0.2) is 33.5 Å². The highest BCUT2D eigenvalue weighted by Gasteiger charge is 2.06. The van der Waals surface area contributed by atoms with Crippen molar-refractivity contribution in [3.05, 3.63) is 40.2 Å². The number of hydrogen-bond acceptors (Lipinski definition) is 5. The van der Waals surface area contributed by atoms with E-state index < -0.39 is 11.6 Å². The second-order valence-electron chi connectivity index (χ2n) is 4.73. The lowest BCUT2D eigenvalue weighted by atomic mass is 10.1. The Labute approximate surface area is 120 Å². The fourth-order valence-corrected chi connectivity index (χ4v) is 2.02. The van der Waals surface area contributed by atoms with E-state index in [1.54, 1.807) is 25.1 Å². The Kier molecular flexibility index (Phi) is 4.37. The minimum absolute atomic E-state index is 0.0871. The number of amides is 1. The van der Waals surface area contributed by atoms with Crippen LogP contribution in [0, 0.1) is 6.92 Å². The topological polar surface area (TPSA) is 99.4 Å². The van der Waals surface area contributed by atoms with Crippen LogP contribution >= 0.6 is 0 Å². The molecule has 0 aliphatic carbocycles. The third-order valence-electron chi connectivity index (χ3n) is 3.02. The first-order chi connectivity index (χ1) is 9.95. The Morgan fingerprint density at radius 1 is 1.24 bits per heavy atom. The molecule has 0 saturated carbocycles. The first-order valence-electron chi connectivity index (χ1n) is 6.50. The largest absolute Gasteiger partial charge is 0.550 e. The summed E-state index contributed by atoms with van der Waals surface area (Å²) in [5.74, 6) is -1.48. The van der Waals surface area contributed by atoms with Crippen LogP contribution in [0.5, 0.6) is 0 Å². The van der Waals surface area contributed by atoms with Gasteiger partial charge in [0, 0.05) is 35.6 Å². The predicted molar refractivity (Wildman–Crippen MR) is 74.7 cm³/mol. The van der Waals surface area contributed by atoms with Gasteiger partial charge in [-0.25, -0.2) is 4.79 Å². The molecule has 1 heterocycles. The maximum atomic E-state index is 11.6. The second-order valence-corrected chi connectivity index (χ2v) is 4.73. The maximum absolute atomic E-state index is 11.6. The number of rotatable bonds is 5. The van der Waals surface area contributed by atoms with Crippen LogP contribution < -0.4 is 16.0 Å². The van der Waals surface area contributed by atoms with E-state index in [0.717, 1.165) is 10.9 Å². The van der Waals surface area contributed by atoms with Crippen LogP contribution in [0.25, 0.3) is 11.0 Å². The molecule has 0 aliphatic rings. The first kappa shape index (κ1) is 14.8. The Bertz CT molecular complexity index is 747. The van der Waals surface area contributed by atoms with Crippen molar-refractivity contribution in [3.63, 3.8) is 0 Å².